The van der Waals surface area contributed by atoms with Crippen LogP contribution in [0.3, 0.4) is 0 Å². The first-order valence-corrected chi connectivity index (χ1v) is 9.19. The molecule has 0 aromatic heterocycles. The topological polar surface area (TPSA) is 84.5 Å². The minimum atomic E-state index is -0.415. The highest BCUT2D eigenvalue weighted by Crippen LogP contribution is 2.25. The van der Waals surface area contributed by atoms with E-state index in [9.17, 15) is 14.4 Å². The molecule has 2 amide bonds. The third-order valence-corrected chi connectivity index (χ3v) is 4.36. The fraction of sp³-hybridized carbons (Fsp3) is 0.500. The third-order valence-electron chi connectivity index (χ3n) is 3.62. The van der Waals surface area contributed by atoms with Gasteiger partial charge >= 0.3 is 5.97 Å². The van der Waals surface area contributed by atoms with Gasteiger partial charge < -0.3 is 15.4 Å². The molecule has 0 bridgehead atoms. The zero-order chi connectivity index (χ0) is 19.5. The normalized spacial score (nSPS) is 11.5. The van der Waals surface area contributed by atoms with Crippen molar-refractivity contribution < 1.29 is 19.1 Å². The average molecular weight is 403 g/mol. The number of halogens is 2. The summed E-state index contributed by atoms with van der Waals surface area (Å²) in [5.74, 6) is -0.866. The number of hydrogen-bond acceptors (Lipinski definition) is 4. The summed E-state index contributed by atoms with van der Waals surface area (Å²) in [4.78, 5) is 34.2. The lowest BCUT2D eigenvalue weighted by Gasteiger charge is -2.15. The molecule has 0 spiro atoms. The number of carbonyl (C=O) groups is 3. The van der Waals surface area contributed by atoms with Gasteiger partial charge in [-0.15, -0.1) is 0 Å². The standard InChI is InChI=1S/C18H24Cl2N2O4/c1-12(14-7-8-15(19)16(20)10-14)22-17(24)11-26-18(25)6-4-3-5-9-21-13(2)23/h7-8,10,12H,3-6,9,11H2,1-2H3,(H,21,23)(H,22,24). The fourth-order valence-electron chi connectivity index (χ4n) is 2.20. The summed E-state index contributed by atoms with van der Waals surface area (Å²) < 4.78 is 4.96. The largest absolute Gasteiger partial charge is 0.456 e. The van der Waals surface area contributed by atoms with Crippen LogP contribution in [0.25, 0.3) is 0 Å². The van der Waals surface area contributed by atoms with Crippen molar-refractivity contribution in [3.05, 3.63) is 33.8 Å². The van der Waals surface area contributed by atoms with Crippen molar-refractivity contribution in [3.8, 4) is 0 Å². The molecule has 1 aromatic rings. The molecule has 0 saturated carbocycles. The molecule has 144 valence electrons. The zero-order valence-corrected chi connectivity index (χ0v) is 16.5. The van der Waals surface area contributed by atoms with Crippen molar-refractivity contribution in [1.82, 2.24) is 10.6 Å². The summed E-state index contributed by atoms with van der Waals surface area (Å²) in [6.07, 6.45) is 2.50. The summed E-state index contributed by atoms with van der Waals surface area (Å²) in [5, 5.41) is 6.28. The van der Waals surface area contributed by atoms with E-state index in [2.05, 4.69) is 10.6 Å². The van der Waals surface area contributed by atoms with Crippen molar-refractivity contribution in [2.75, 3.05) is 13.2 Å². The van der Waals surface area contributed by atoms with E-state index >= 15 is 0 Å². The molecule has 8 heteroatoms. The number of carbonyl (C=O) groups excluding carboxylic acids is 3. The van der Waals surface area contributed by atoms with Gasteiger partial charge in [0.25, 0.3) is 5.91 Å². The van der Waals surface area contributed by atoms with E-state index in [-0.39, 0.29) is 30.9 Å². The Morgan fingerprint density at radius 1 is 1.12 bits per heavy atom. The summed E-state index contributed by atoms with van der Waals surface area (Å²) in [6, 6.07) is 4.83. The third kappa shape index (κ3) is 9.06. The minimum absolute atomic E-state index is 0.0643. The van der Waals surface area contributed by atoms with Gasteiger partial charge in [0, 0.05) is 19.9 Å². The second kappa shape index (κ2) is 11.8. The summed E-state index contributed by atoms with van der Waals surface area (Å²) in [7, 11) is 0. The van der Waals surface area contributed by atoms with Gasteiger partial charge in [0.15, 0.2) is 6.61 Å². The highest BCUT2D eigenvalue weighted by atomic mass is 35.5. The predicted octanol–water partition coefficient (Wildman–Crippen LogP) is 3.41. The number of amides is 2. The number of unbranched alkanes of at least 4 members (excludes halogenated alkanes) is 2. The summed E-state index contributed by atoms with van der Waals surface area (Å²) in [6.45, 7) is 3.54. The Labute approximate surface area is 163 Å². The molecule has 0 aliphatic rings. The molecule has 1 aromatic carbocycles. The molecule has 26 heavy (non-hydrogen) atoms. The van der Waals surface area contributed by atoms with Crippen LogP contribution in [0.15, 0.2) is 18.2 Å². The van der Waals surface area contributed by atoms with Gasteiger partial charge in [-0.2, -0.15) is 0 Å². The number of hydrogen-bond donors (Lipinski definition) is 2. The van der Waals surface area contributed by atoms with Crippen LogP contribution in [0, 0.1) is 0 Å². The molecule has 0 saturated heterocycles. The fourth-order valence-corrected chi connectivity index (χ4v) is 2.51. The Morgan fingerprint density at radius 2 is 1.85 bits per heavy atom. The van der Waals surface area contributed by atoms with E-state index in [0.717, 1.165) is 18.4 Å². The molecular weight excluding hydrogens is 379 g/mol. The molecule has 6 nitrogen and oxygen atoms in total. The maximum Gasteiger partial charge on any atom is 0.306 e. The van der Waals surface area contributed by atoms with Crippen LogP contribution in [0.4, 0.5) is 0 Å². The Kier molecular flexibility index (Phi) is 10.1. The van der Waals surface area contributed by atoms with E-state index in [1.54, 1.807) is 25.1 Å². The number of nitrogens with one attached hydrogen (secondary N) is 2. The first kappa shape index (κ1) is 22.3. The van der Waals surface area contributed by atoms with Gasteiger partial charge in [0.2, 0.25) is 5.91 Å². The lowest BCUT2D eigenvalue weighted by molar-refractivity contribution is -0.148. The molecule has 2 N–H and O–H groups in total. The Hall–Kier alpha value is -1.79. The minimum Gasteiger partial charge on any atom is -0.456 e. The average Bonchev–Trinajstić information content (AvgIpc) is 2.58. The summed E-state index contributed by atoms with van der Waals surface area (Å²) in [5.41, 5.74) is 0.804. The molecule has 1 rings (SSSR count). The quantitative estimate of drug-likeness (QED) is 0.463. The van der Waals surface area contributed by atoms with Crippen LogP contribution in [-0.4, -0.2) is 30.9 Å². The van der Waals surface area contributed by atoms with E-state index in [1.165, 1.54) is 6.92 Å². The SMILES string of the molecule is CC(=O)NCCCCCC(=O)OCC(=O)NC(C)c1ccc(Cl)c(Cl)c1. The van der Waals surface area contributed by atoms with E-state index < -0.39 is 5.97 Å². The number of esters is 1. The maximum absolute atomic E-state index is 11.9. The predicted molar refractivity (Wildman–Crippen MR) is 101 cm³/mol. The van der Waals surface area contributed by atoms with Gasteiger partial charge in [-0.05, 0) is 37.5 Å². The van der Waals surface area contributed by atoms with E-state index in [1.807, 2.05) is 0 Å². The first-order valence-electron chi connectivity index (χ1n) is 8.44. The first-order chi connectivity index (χ1) is 12.3. The smallest absolute Gasteiger partial charge is 0.306 e. The highest BCUT2D eigenvalue weighted by Gasteiger charge is 2.13. The van der Waals surface area contributed by atoms with E-state index in [4.69, 9.17) is 27.9 Å². The van der Waals surface area contributed by atoms with Crippen molar-refractivity contribution in [2.45, 2.75) is 45.6 Å². The lowest BCUT2D eigenvalue weighted by Crippen LogP contribution is -2.31. The van der Waals surface area contributed by atoms with Crippen molar-refractivity contribution in [2.24, 2.45) is 0 Å². The van der Waals surface area contributed by atoms with Crippen LogP contribution in [-0.2, 0) is 19.1 Å². The highest BCUT2D eigenvalue weighted by molar-refractivity contribution is 6.42. The van der Waals surface area contributed by atoms with Crippen molar-refractivity contribution in [3.63, 3.8) is 0 Å². The second-order valence-electron chi connectivity index (χ2n) is 5.92. The van der Waals surface area contributed by atoms with Crippen LogP contribution in [0.2, 0.25) is 10.0 Å². The molecule has 0 aliphatic heterocycles. The molecule has 1 atom stereocenters. The molecule has 0 radical (unpaired) electrons. The molecule has 0 aliphatic carbocycles. The number of benzene rings is 1. The van der Waals surface area contributed by atoms with Crippen LogP contribution >= 0.6 is 23.2 Å². The van der Waals surface area contributed by atoms with Gasteiger partial charge in [-0.1, -0.05) is 35.7 Å². The van der Waals surface area contributed by atoms with Gasteiger partial charge in [-0.25, -0.2) is 0 Å². The molecular formula is C18H24Cl2N2O4. The number of rotatable bonds is 10. The zero-order valence-electron chi connectivity index (χ0n) is 14.9. The van der Waals surface area contributed by atoms with Crippen molar-refractivity contribution in [1.29, 1.82) is 0 Å². The second-order valence-corrected chi connectivity index (χ2v) is 6.73. The lowest BCUT2D eigenvalue weighted by atomic mass is 10.1. The van der Waals surface area contributed by atoms with Gasteiger partial charge in [0.1, 0.15) is 0 Å². The van der Waals surface area contributed by atoms with Crippen LogP contribution in [0.5, 0.6) is 0 Å². The van der Waals surface area contributed by atoms with Gasteiger partial charge in [0.05, 0.1) is 16.1 Å². The molecule has 1 unspecified atom stereocenters. The molecule has 0 fully saturated rings. The molecule has 0 heterocycles. The van der Waals surface area contributed by atoms with Gasteiger partial charge in [-0.3, -0.25) is 14.4 Å². The number of ether oxygens (including phenoxy) is 1. The Morgan fingerprint density at radius 3 is 2.50 bits per heavy atom. The van der Waals surface area contributed by atoms with Crippen molar-refractivity contribution >= 4 is 41.0 Å². The Balaban J connectivity index is 2.21. The monoisotopic (exact) mass is 402 g/mol. The summed E-state index contributed by atoms with van der Waals surface area (Å²) >= 11 is 11.8. The van der Waals surface area contributed by atoms with Crippen LogP contribution < -0.4 is 10.6 Å². The van der Waals surface area contributed by atoms with E-state index in [0.29, 0.717) is 23.0 Å². The Bertz CT molecular complexity index is 638. The van der Waals surface area contributed by atoms with Crippen LogP contribution in [0.1, 0.15) is 51.1 Å². The maximum atomic E-state index is 11.9.